The summed E-state index contributed by atoms with van der Waals surface area (Å²) in [6.45, 7) is 4.26. The van der Waals surface area contributed by atoms with Crippen LogP contribution in [0.2, 0.25) is 0 Å². The third-order valence-corrected chi connectivity index (χ3v) is 6.61. The van der Waals surface area contributed by atoms with Crippen molar-refractivity contribution in [1.82, 2.24) is 4.90 Å². The van der Waals surface area contributed by atoms with Crippen LogP contribution in [-0.4, -0.2) is 31.6 Å². The summed E-state index contributed by atoms with van der Waals surface area (Å²) in [6.07, 6.45) is 0.621. The lowest BCUT2D eigenvalue weighted by molar-refractivity contribution is 0.0730. The Labute approximate surface area is 203 Å². The topological polar surface area (TPSA) is 69.0 Å². The lowest BCUT2D eigenvalue weighted by Gasteiger charge is -2.25. The fourth-order valence-corrected chi connectivity index (χ4v) is 4.91. The van der Waals surface area contributed by atoms with Crippen molar-refractivity contribution in [3.63, 3.8) is 0 Å². The average Bonchev–Trinajstić information content (AvgIpc) is 3.15. The lowest BCUT2D eigenvalue weighted by atomic mass is 9.97. The molecule has 0 N–H and O–H groups in total. The van der Waals surface area contributed by atoms with Crippen molar-refractivity contribution in [1.29, 1.82) is 0 Å². The Kier molecular flexibility index (Phi) is 5.81. The minimum Gasteiger partial charge on any atom is -0.497 e. The van der Waals surface area contributed by atoms with Crippen LogP contribution in [0.25, 0.3) is 11.0 Å². The fourth-order valence-electron chi connectivity index (χ4n) is 4.91. The zero-order valence-electron chi connectivity index (χ0n) is 20.3. The predicted molar refractivity (Wildman–Crippen MR) is 135 cm³/mol. The molecule has 1 unspecified atom stereocenters. The first kappa shape index (κ1) is 22.7. The molecule has 0 aliphatic carbocycles. The molecule has 3 aromatic carbocycles. The van der Waals surface area contributed by atoms with Crippen LogP contribution in [0.3, 0.4) is 0 Å². The van der Waals surface area contributed by atoms with Gasteiger partial charge in [0.25, 0.3) is 5.91 Å². The van der Waals surface area contributed by atoms with Gasteiger partial charge < -0.3 is 18.8 Å². The highest BCUT2D eigenvalue weighted by atomic mass is 16.5. The number of ether oxygens (including phenoxy) is 2. The van der Waals surface area contributed by atoms with E-state index in [4.69, 9.17) is 13.9 Å². The molecule has 1 amide bonds. The summed E-state index contributed by atoms with van der Waals surface area (Å²) in [4.78, 5) is 29.2. The average molecular weight is 470 g/mol. The van der Waals surface area contributed by atoms with Crippen LogP contribution in [0.1, 0.15) is 44.4 Å². The molecule has 0 bridgehead atoms. The van der Waals surface area contributed by atoms with Gasteiger partial charge in [-0.05, 0) is 72.9 Å². The van der Waals surface area contributed by atoms with Crippen molar-refractivity contribution in [3.8, 4) is 11.5 Å². The second-order valence-electron chi connectivity index (χ2n) is 8.91. The van der Waals surface area contributed by atoms with Gasteiger partial charge in [-0.15, -0.1) is 0 Å². The van der Waals surface area contributed by atoms with E-state index in [-0.39, 0.29) is 17.1 Å². The molecule has 4 aromatic rings. The first-order valence-corrected chi connectivity index (χ1v) is 11.6. The highest BCUT2D eigenvalue weighted by Gasteiger charge is 2.42. The molecule has 6 nitrogen and oxygen atoms in total. The number of hydrogen-bond donors (Lipinski definition) is 0. The molecular weight excluding hydrogens is 442 g/mol. The second kappa shape index (κ2) is 8.95. The third kappa shape index (κ3) is 3.95. The van der Waals surface area contributed by atoms with Crippen LogP contribution in [0.4, 0.5) is 0 Å². The first-order chi connectivity index (χ1) is 16.9. The molecule has 1 atom stereocenters. The Hall–Kier alpha value is -4.06. The van der Waals surface area contributed by atoms with Gasteiger partial charge in [-0.1, -0.05) is 30.3 Å². The van der Waals surface area contributed by atoms with E-state index in [1.807, 2.05) is 74.5 Å². The van der Waals surface area contributed by atoms with Crippen molar-refractivity contribution in [3.05, 3.63) is 104 Å². The molecule has 2 heterocycles. The van der Waals surface area contributed by atoms with Crippen molar-refractivity contribution in [2.75, 3.05) is 20.8 Å². The normalized spacial score (nSPS) is 14.9. The molecule has 0 saturated heterocycles. The second-order valence-corrected chi connectivity index (χ2v) is 8.91. The Morgan fingerprint density at radius 3 is 2.37 bits per heavy atom. The number of carbonyl (C=O) groups excluding carboxylic acids is 1. The molecule has 35 heavy (non-hydrogen) atoms. The van der Waals surface area contributed by atoms with Gasteiger partial charge in [0, 0.05) is 6.54 Å². The van der Waals surface area contributed by atoms with Gasteiger partial charge in [-0.25, -0.2) is 0 Å². The molecule has 0 fully saturated rings. The van der Waals surface area contributed by atoms with E-state index in [0.717, 1.165) is 28.0 Å². The standard InChI is InChI=1S/C29H27NO5/c1-17-14-18(2)27-23(15-17)26(31)24-25(20-6-5-7-22(16-20)34-4)30(29(32)28(24)35-27)13-12-19-8-10-21(33-3)11-9-19/h5-11,14-16,25H,12-13H2,1-4H3. The van der Waals surface area contributed by atoms with Gasteiger partial charge in [0.2, 0.25) is 5.76 Å². The largest absolute Gasteiger partial charge is 0.497 e. The molecule has 0 spiro atoms. The number of hydrogen-bond acceptors (Lipinski definition) is 5. The predicted octanol–water partition coefficient (Wildman–Crippen LogP) is 5.21. The molecule has 6 heteroatoms. The molecule has 0 saturated carbocycles. The molecule has 1 aromatic heterocycles. The van der Waals surface area contributed by atoms with Crippen LogP contribution >= 0.6 is 0 Å². The minimum atomic E-state index is -0.563. The van der Waals surface area contributed by atoms with Gasteiger partial charge >= 0.3 is 0 Å². The monoisotopic (exact) mass is 469 g/mol. The lowest BCUT2D eigenvalue weighted by Crippen LogP contribution is -2.31. The van der Waals surface area contributed by atoms with Gasteiger partial charge in [0.05, 0.1) is 31.2 Å². The van der Waals surface area contributed by atoms with Gasteiger partial charge in [0.1, 0.15) is 17.1 Å². The summed E-state index contributed by atoms with van der Waals surface area (Å²) >= 11 is 0. The summed E-state index contributed by atoms with van der Waals surface area (Å²) in [6, 6.07) is 18.5. The number of methoxy groups -OCH3 is 2. The van der Waals surface area contributed by atoms with Crippen molar-refractivity contribution in [2.24, 2.45) is 0 Å². The van der Waals surface area contributed by atoms with Gasteiger partial charge in [-0.2, -0.15) is 0 Å². The van der Waals surface area contributed by atoms with E-state index in [1.54, 1.807) is 19.1 Å². The van der Waals surface area contributed by atoms with E-state index in [1.165, 1.54) is 0 Å². The number of benzene rings is 3. The molecule has 0 radical (unpaired) electrons. The maximum absolute atomic E-state index is 13.8. The van der Waals surface area contributed by atoms with Crippen molar-refractivity contribution in [2.45, 2.75) is 26.3 Å². The van der Waals surface area contributed by atoms with E-state index in [9.17, 15) is 9.59 Å². The van der Waals surface area contributed by atoms with Crippen LogP contribution in [0, 0.1) is 13.8 Å². The number of rotatable bonds is 6. The summed E-state index contributed by atoms with van der Waals surface area (Å²) in [5, 5.41) is 0.499. The van der Waals surface area contributed by atoms with E-state index >= 15 is 0 Å². The Bertz CT molecular complexity index is 1490. The van der Waals surface area contributed by atoms with E-state index < -0.39 is 6.04 Å². The first-order valence-electron chi connectivity index (χ1n) is 11.6. The maximum Gasteiger partial charge on any atom is 0.290 e. The summed E-state index contributed by atoms with van der Waals surface area (Å²) in [5.74, 6) is 1.28. The van der Waals surface area contributed by atoms with Crippen LogP contribution in [0.5, 0.6) is 11.5 Å². The van der Waals surface area contributed by atoms with Gasteiger partial charge in [0.15, 0.2) is 5.43 Å². The SMILES string of the molecule is COc1ccc(CCN2C(=O)c3oc4c(C)cc(C)cc4c(=O)c3C2c2cccc(OC)c2)cc1. The smallest absolute Gasteiger partial charge is 0.290 e. The number of amides is 1. The van der Waals surface area contributed by atoms with Gasteiger partial charge in [-0.3, -0.25) is 9.59 Å². The summed E-state index contributed by atoms with van der Waals surface area (Å²) in [5.41, 5.74) is 4.37. The zero-order chi connectivity index (χ0) is 24.7. The molecule has 1 aliphatic heterocycles. The summed E-state index contributed by atoms with van der Waals surface area (Å²) < 4.78 is 16.8. The molecule has 1 aliphatic rings. The quantitative estimate of drug-likeness (QED) is 0.388. The molecule has 178 valence electrons. The number of aryl methyl sites for hydroxylation is 2. The van der Waals surface area contributed by atoms with Crippen molar-refractivity contribution >= 4 is 16.9 Å². The zero-order valence-corrected chi connectivity index (χ0v) is 20.3. The number of fused-ring (bicyclic) bond motifs is 2. The van der Waals surface area contributed by atoms with Crippen LogP contribution < -0.4 is 14.9 Å². The third-order valence-electron chi connectivity index (χ3n) is 6.61. The van der Waals surface area contributed by atoms with Crippen LogP contribution in [0.15, 0.2) is 69.9 Å². The molecular formula is C29H27NO5. The summed E-state index contributed by atoms with van der Waals surface area (Å²) in [7, 11) is 3.23. The Morgan fingerprint density at radius 2 is 1.66 bits per heavy atom. The van der Waals surface area contributed by atoms with Crippen LogP contribution in [-0.2, 0) is 6.42 Å². The van der Waals surface area contributed by atoms with E-state index in [0.29, 0.717) is 35.2 Å². The Balaban J connectivity index is 1.63. The number of nitrogens with zero attached hydrogens (tertiary/aromatic N) is 1. The highest BCUT2D eigenvalue weighted by Crippen LogP contribution is 2.39. The van der Waals surface area contributed by atoms with E-state index in [2.05, 4.69) is 0 Å². The highest BCUT2D eigenvalue weighted by molar-refractivity contribution is 5.99. The fraction of sp³-hybridized carbons (Fsp3) is 0.241. The minimum absolute atomic E-state index is 0.122. The maximum atomic E-state index is 13.8. The molecule has 5 rings (SSSR count). The number of carbonyl (C=O) groups is 1. The van der Waals surface area contributed by atoms with Crippen molar-refractivity contribution < 1.29 is 18.7 Å². The Morgan fingerprint density at radius 1 is 0.914 bits per heavy atom.